The molecule has 55 heavy (non-hydrogen) atoms. The van der Waals surface area contributed by atoms with E-state index >= 15 is 4.39 Å². The van der Waals surface area contributed by atoms with E-state index in [-0.39, 0.29) is 50.9 Å². The number of carbonyl (C=O) groups excluding carboxylic acids is 2. The number of hydrogen-bond acceptors (Lipinski definition) is 10. The summed E-state index contributed by atoms with van der Waals surface area (Å²) < 4.78 is 101. The highest BCUT2D eigenvalue weighted by atomic mass is 35.5. The van der Waals surface area contributed by atoms with Crippen LogP contribution in [0.1, 0.15) is 63.0 Å². The van der Waals surface area contributed by atoms with Gasteiger partial charge in [-0.25, -0.2) is 49.8 Å². The number of amides is 2. The van der Waals surface area contributed by atoms with E-state index in [0.717, 1.165) is 40.6 Å². The maximum Gasteiger partial charge on any atom is 0.411 e. The second-order valence-corrected chi connectivity index (χ2v) is 16.4. The summed E-state index contributed by atoms with van der Waals surface area (Å²) in [5.74, 6) is -5.79. The molecule has 2 amide bonds. The molecule has 4 aromatic rings. The summed E-state index contributed by atoms with van der Waals surface area (Å²) in [6.45, 7) is 4.77. The lowest BCUT2D eigenvalue weighted by molar-refractivity contribution is -0.135. The molecule has 2 aromatic heterocycles. The van der Waals surface area contributed by atoms with Crippen molar-refractivity contribution in [1.29, 1.82) is 0 Å². The number of halogens is 6. The van der Waals surface area contributed by atoms with Crippen LogP contribution in [0.25, 0.3) is 16.8 Å². The molecule has 2 aromatic carbocycles. The Kier molecular flexibility index (Phi) is 10.0. The zero-order valence-corrected chi connectivity index (χ0v) is 31.0. The molecular formula is C34H33ClF5N9O5S. The summed E-state index contributed by atoms with van der Waals surface area (Å²) in [6, 6.07) is 6.56. The van der Waals surface area contributed by atoms with Gasteiger partial charge in [0.25, 0.3) is 28.3 Å². The third kappa shape index (κ3) is 7.91. The highest BCUT2D eigenvalue weighted by Gasteiger charge is 2.54. The molecule has 21 heteroatoms. The van der Waals surface area contributed by atoms with Crippen LogP contribution < -0.4 is 11.1 Å². The van der Waals surface area contributed by atoms with Crippen molar-refractivity contribution in [1.82, 2.24) is 34.2 Å². The van der Waals surface area contributed by atoms with Gasteiger partial charge in [0.2, 0.25) is 0 Å². The number of guanidine groups is 1. The van der Waals surface area contributed by atoms with Gasteiger partial charge in [0, 0.05) is 29.3 Å². The predicted molar refractivity (Wildman–Crippen MR) is 188 cm³/mol. The number of carbonyl (C=O) groups is 2. The van der Waals surface area contributed by atoms with Crippen molar-refractivity contribution in [3.05, 3.63) is 94.7 Å². The van der Waals surface area contributed by atoms with Crippen LogP contribution in [0.5, 0.6) is 0 Å². The lowest BCUT2D eigenvalue weighted by atomic mass is 9.75. The highest BCUT2D eigenvalue weighted by molar-refractivity contribution is 7.89. The Hall–Kier alpha value is -5.37. The second kappa shape index (κ2) is 14.0. The van der Waals surface area contributed by atoms with E-state index in [1.165, 1.54) is 36.5 Å². The molecule has 0 bridgehead atoms. The van der Waals surface area contributed by atoms with Crippen LogP contribution in [0.15, 0.2) is 71.9 Å². The largest absolute Gasteiger partial charge is 0.447 e. The molecule has 292 valence electrons. The average Bonchev–Trinajstić information content (AvgIpc) is 3.53. The van der Waals surface area contributed by atoms with Crippen LogP contribution >= 0.6 is 11.6 Å². The van der Waals surface area contributed by atoms with Crippen molar-refractivity contribution in [3.8, 4) is 16.8 Å². The van der Waals surface area contributed by atoms with Crippen LogP contribution in [0.2, 0.25) is 5.02 Å². The summed E-state index contributed by atoms with van der Waals surface area (Å²) in [7, 11) is -3.76. The fourth-order valence-electron chi connectivity index (χ4n) is 6.20. The smallest absolute Gasteiger partial charge is 0.411 e. The summed E-state index contributed by atoms with van der Waals surface area (Å²) >= 11 is 6.41. The number of nitrogens with two attached hydrogens (primary N) is 1. The van der Waals surface area contributed by atoms with Crippen molar-refractivity contribution in [2.24, 2.45) is 16.1 Å². The van der Waals surface area contributed by atoms with Gasteiger partial charge in [-0.1, -0.05) is 50.6 Å². The average molecular weight is 810 g/mol. The number of alkyl carbamates (subject to hydrolysis) is 1. The molecule has 0 spiro atoms. The minimum atomic E-state index is -3.76. The Morgan fingerprint density at radius 1 is 1.16 bits per heavy atom. The van der Waals surface area contributed by atoms with Crippen molar-refractivity contribution in [2.75, 3.05) is 12.9 Å². The van der Waals surface area contributed by atoms with E-state index in [9.17, 15) is 35.6 Å². The standard InChI is InChI=1S/C34H33ClF5N9O5S/c1-32(2,3)16-33(20-6-7-22(24(36)10-20)19-12-44-47(14-19)55(4,52)53)29(50)48(30(41)46-33)26(15-54-31(51)42-13-21-11-34(21,39)40)18-5-8-23(35)25(9-18)49-28(27(37)38)43-17-45-49/h5-10,12-14,17,26-27H,11,15-16H2,1-4H3,(H2,41,46)(H,42,51)/b21-13+/t26-,33-/m1/s1. The lowest BCUT2D eigenvalue weighted by Gasteiger charge is -2.35. The number of rotatable bonds is 11. The zero-order valence-electron chi connectivity index (χ0n) is 29.5. The maximum absolute atomic E-state index is 16.0. The van der Waals surface area contributed by atoms with E-state index in [0.29, 0.717) is 4.09 Å². The van der Waals surface area contributed by atoms with Gasteiger partial charge in [-0.15, -0.1) is 0 Å². The molecule has 2 aliphatic rings. The number of aromatic nitrogens is 5. The maximum atomic E-state index is 16.0. The number of nitrogens with zero attached hydrogens (tertiary/aromatic N) is 7. The normalized spacial score (nSPS) is 19.5. The lowest BCUT2D eigenvalue weighted by Crippen LogP contribution is -2.47. The topological polar surface area (TPSA) is 180 Å². The van der Waals surface area contributed by atoms with Crippen LogP contribution in [0, 0.1) is 11.2 Å². The van der Waals surface area contributed by atoms with Gasteiger partial charge in [0.05, 0.1) is 35.4 Å². The van der Waals surface area contributed by atoms with Gasteiger partial charge in [-0.05, 0) is 41.2 Å². The minimum Gasteiger partial charge on any atom is -0.447 e. The Morgan fingerprint density at radius 2 is 1.87 bits per heavy atom. The number of aliphatic imine (C=N–C) groups is 1. The first-order valence-electron chi connectivity index (χ1n) is 16.3. The molecule has 3 heterocycles. The molecule has 1 aliphatic carbocycles. The van der Waals surface area contributed by atoms with Gasteiger partial charge in [0.1, 0.15) is 18.8 Å². The molecule has 6 rings (SSSR count). The van der Waals surface area contributed by atoms with Crippen molar-refractivity contribution in [2.45, 2.75) is 57.5 Å². The fourth-order valence-corrected chi connectivity index (χ4v) is 6.93. The molecule has 2 atom stereocenters. The van der Waals surface area contributed by atoms with Crippen molar-refractivity contribution < 1.29 is 44.7 Å². The van der Waals surface area contributed by atoms with E-state index in [1.54, 1.807) is 0 Å². The molecule has 1 saturated carbocycles. The molecule has 0 saturated heterocycles. The highest BCUT2D eigenvalue weighted by Crippen LogP contribution is 2.48. The molecule has 0 unspecified atom stereocenters. The van der Waals surface area contributed by atoms with Gasteiger partial charge < -0.3 is 10.5 Å². The third-order valence-electron chi connectivity index (χ3n) is 8.73. The Morgan fingerprint density at radius 3 is 2.47 bits per heavy atom. The summed E-state index contributed by atoms with van der Waals surface area (Å²) in [4.78, 5) is 36.8. The van der Waals surface area contributed by atoms with E-state index < -0.39 is 76.0 Å². The molecule has 1 fully saturated rings. The van der Waals surface area contributed by atoms with Crippen LogP contribution in [0.4, 0.5) is 26.7 Å². The van der Waals surface area contributed by atoms with Gasteiger partial charge >= 0.3 is 6.09 Å². The molecule has 0 radical (unpaired) electrons. The van der Waals surface area contributed by atoms with Gasteiger partial charge in [0.15, 0.2) is 17.3 Å². The SMILES string of the molecule is CC(C)(C)C[C@]1(c2ccc(-c3cnn(S(C)(=O)=O)c3)c(F)c2)N=C(N)N([C@H](COC(=O)N/C=C2\CC2(F)F)c2ccc(Cl)c(-n3ncnc3C(F)F)c2)C1=O. The minimum absolute atomic E-state index is 0.0231. The molecular weight excluding hydrogens is 777 g/mol. The Bertz CT molecular complexity index is 2360. The first-order chi connectivity index (χ1) is 25.6. The number of nitrogens with one attached hydrogen (secondary N) is 1. The Labute approximate surface area is 315 Å². The number of allylic oxidation sites excluding steroid dienone is 1. The van der Waals surface area contributed by atoms with E-state index in [1.807, 2.05) is 20.8 Å². The first kappa shape index (κ1) is 39.3. The monoisotopic (exact) mass is 809 g/mol. The van der Waals surface area contributed by atoms with Crippen molar-refractivity contribution >= 4 is 39.6 Å². The van der Waals surface area contributed by atoms with Gasteiger partial charge in [-0.2, -0.15) is 14.3 Å². The molecule has 1 aliphatic heterocycles. The van der Waals surface area contributed by atoms with E-state index in [4.69, 9.17) is 22.1 Å². The zero-order chi connectivity index (χ0) is 40.2. The molecule has 3 N–H and O–H groups in total. The summed E-state index contributed by atoms with van der Waals surface area (Å²) in [5.41, 5.74) is 3.89. The fraction of sp³-hybridized carbons (Fsp3) is 0.353. The number of benzene rings is 2. The Balaban J connectivity index is 1.42. The van der Waals surface area contributed by atoms with Crippen LogP contribution in [0.3, 0.4) is 0 Å². The van der Waals surface area contributed by atoms with Gasteiger partial charge in [-0.3, -0.25) is 15.0 Å². The quantitative estimate of drug-likeness (QED) is 0.176. The number of alkyl halides is 4. The third-order valence-corrected chi connectivity index (χ3v) is 9.93. The molecule has 14 nitrogen and oxygen atoms in total. The van der Waals surface area contributed by atoms with Crippen LogP contribution in [-0.4, -0.2) is 74.0 Å². The number of ether oxygens (including phenoxy) is 1. The van der Waals surface area contributed by atoms with Crippen molar-refractivity contribution in [3.63, 3.8) is 0 Å². The first-order valence-corrected chi connectivity index (χ1v) is 18.6. The summed E-state index contributed by atoms with van der Waals surface area (Å²) in [6.07, 6.45) is 0.148. The van der Waals surface area contributed by atoms with E-state index in [2.05, 4.69) is 25.5 Å². The van der Waals surface area contributed by atoms with Crippen LogP contribution in [-0.2, 0) is 25.1 Å². The second-order valence-electron chi connectivity index (χ2n) is 14.2. The summed E-state index contributed by atoms with van der Waals surface area (Å²) in [5, 5.41) is 9.71. The number of hydrogen-bond donors (Lipinski definition) is 2. The predicted octanol–water partition coefficient (Wildman–Crippen LogP) is 5.85.